The fourth-order valence-electron chi connectivity index (χ4n) is 3.44. The molecule has 2 nitrogen and oxygen atoms in total. The van der Waals surface area contributed by atoms with Crippen LogP contribution >= 0.6 is 11.8 Å². The molecule has 0 aromatic heterocycles. The van der Waals surface area contributed by atoms with Crippen molar-refractivity contribution in [2.75, 3.05) is 31.9 Å². The number of rotatable bonds is 5. The molecule has 2 heterocycles. The van der Waals surface area contributed by atoms with Crippen molar-refractivity contribution in [1.29, 1.82) is 0 Å². The molecule has 3 heteroatoms. The molecule has 3 atom stereocenters. The van der Waals surface area contributed by atoms with E-state index < -0.39 is 0 Å². The molecule has 0 bridgehead atoms. The average molecular weight is 270 g/mol. The first kappa shape index (κ1) is 14.7. The van der Waals surface area contributed by atoms with Crippen LogP contribution in [0.1, 0.15) is 46.5 Å². The Labute approximate surface area is 117 Å². The zero-order valence-electron chi connectivity index (χ0n) is 12.4. The Hall–Kier alpha value is 0.270. The van der Waals surface area contributed by atoms with Gasteiger partial charge in [0.2, 0.25) is 0 Å². The van der Waals surface area contributed by atoms with Crippen molar-refractivity contribution in [3.05, 3.63) is 0 Å². The van der Waals surface area contributed by atoms with Gasteiger partial charge in [-0.3, -0.25) is 0 Å². The predicted molar refractivity (Wildman–Crippen MR) is 82.4 cm³/mol. The van der Waals surface area contributed by atoms with Crippen LogP contribution in [-0.2, 0) is 0 Å². The lowest BCUT2D eigenvalue weighted by Gasteiger charge is -2.40. The molecular formula is C15H30N2S. The number of piperidine rings is 1. The second-order valence-corrected chi connectivity index (χ2v) is 8.15. The summed E-state index contributed by atoms with van der Waals surface area (Å²) in [5, 5.41) is 3.71. The van der Waals surface area contributed by atoms with Crippen LogP contribution in [0.5, 0.6) is 0 Å². The number of hydrogen-bond acceptors (Lipinski definition) is 3. The van der Waals surface area contributed by atoms with Crippen molar-refractivity contribution < 1.29 is 0 Å². The van der Waals surface area contributed by atoms with Crippen LogP contribution in [0.15, 0.2) is 0 Å². The molecule has 0 saturated carbocycles. The summed E-state index contributed by atoms with van der Waals surface area (Å²) in [4.78, 5) is 2.72. The SMILES string of the molecule is CCCNC1CCN(CC2(C)CCCS2)CC1C. The van der Waals surface area contributed by atoms with Crippen molar-refractivity contribution in [2.24, 2.45) is 5.92 Å². The minimum absolute atomic E-state index is 0.545. The Morgan fingerprint density at radius 2 is 2.28 bits per heavy atom. The number of nitrogens with zero attached hydrogens (tertiary/aromatic N) is 1. The van der Waals surface area contributed by atoms with E-state index in [4.69, 9.17) is 0 Å². The number of likely N-dealkylation sites (tertiary alicyclic amines) is 1. The largest absolute Gasteiger partial charge is 0.314 e. The third kappa shape index (κ3) is 3.88. The second-order valence-electron chi connectivity index (χ2n) is 6.46. The van der Waals surface area contributed by atoms with Crippen LogP contribution in [0.2, 0.25) is 0 Å². The first-order valence-electron chi connectivity index (χ1n) is 7.73. The van der Waals surface area contributed by atoms with Gasteiger partial charge in [-0.2, -0.15) is 11.8 Å². The van der Waals surface area contributed by atoms with Crippen LogP contribution in [0, 0.1) is 5.92 Å². The molecule has 2 saturated heterocycles. The summed E-state index contributed by atoms with van der Waals surface area (Å²) in [5.41, 5.74) is 0. The van der Waals surface area contributed by atoms with Gasteiger partial charge >= 0.3 is 0 Å². The predicted octanol–water partition coefficient (Wildman–Crippen LogP) is 2.98. The van der Waals surface area contributed by atoms with Crippen molar-refractivity contribution in [3.8, 4) is 0 Å². The second kappa shape index (κ2) is 6.62. The maximum Gasteiger partial charge on any atom is 0.0259 e. The zero-order chi connectivity index (χ0) is 13.0. The summed E-state index contributed by atoms with van der Waals surface area (Å²) in [7, 11) is 0. The fourth-order valence-corrected chi connectivity index (χ4v) is 4.79. The Kier molecular flexibility index (Phi) is 5.40. The van der Waals surface area contributed by atoms with Crippen LogP contribution in [-0.4, -0.2) is 47.6 Å². The monoisotopic (exact) mass is 270 g/mol. The standard InChI is InChI=1S/C15H30N2S/c1-4-8-16-14-6-9-17(11-13(14)2)12-15(3)7-5-10-18-15/h13-14,16H,4-12H2,1-3H3. The summed E-state index contributed by atoms with van der Waals surface area (Å²) in [6.07, 6.45) is 5.43. The Bertz CT molecular complexity index is 251. The van der Waals surface area contributed by atoms with E-state index in [1.165, 1.54) is 57.6 Å². The van der Waals surface area contributed by atoms with Gasteiger partial charge in [0.15, 0.2) is 0 Å². The van der Waals surface area contributed by atoms with Gasteiger partial charge in [-0.15, -0.1) is 0 Å². The van der Waals surface area contributed by atoms with Gasteiger partial charge < -0.3 is 10.2 Å². The molecule has 0 radical (unpaired) electrons. The molecule has 3 unspecified atom stereocenters. The van der Waals surface area contributed by atoms with Crippen molar-refractivity contribution >= 4 is 11.8 Å². The van der Waals surface area contributed by atoms with E-state index in [1.54, 1.807) is 0 Å². The topological polar surface area (TPSA) is 15.3 Å². The first-order chi connectivity index (χ1) is 8.63. The highest BCUT2D eigenvalue weighted by atomic mass is 32.2. The molecule has 0 aromatic carbocycles. The third-order valence-electron chi connectivity index (χ3n) is 4.50. The van der Waals surface area contributed by atoms with Crippen LogP contribution < -0.4 is 5.32 Å². The van der Waals surface area contributed by atoms with Crippen LogP contribution in [0.25, 0.3) is 0 Å². The van der Waals surface area contributed by atoms with Gasteiger partial charge in [-0.05, 0) is 57.4 Å². The summed E-state index contributed by atoms with van der Waals surface area (Å²) >= 11 is 2.20. The van der Waals surface area contributed by atoms with E-state index >= 15 is 0 Å². The molecule has 2 aliphatic heterocycles. The van der Waals surface area contributed by atoms with Crippen LogP contribution in [0.3, 0.4) is 0 Å². The van der Waals surface area contributed by atoms with Crippen molar-refractivity contribution in [1.82, 2.24) is 10.2 Å². The lowest BCUT2D eigenvalue weighted by atomic mass is 9.92. The lowest BCUT2D eigenvalue weighted by Crippen LogP contribution is -2.51. The van der Waals surface area contributed by atoms with Gasteiger partial charge in [0, 0.05) is 23.9 Å². The van der Waals surface area contributed by atoms with Gasteiger partial charge in [0.25, 0.3) is 0 Å². The van der Waals surface area contributed by atoms with E-state index in [2.05, 4.69) is 42.7 Å². The molecular weight excluding hydrogens is 240 g/mol. The van der Waals surface area contributed by atoms with Gasteiger partial charge in [0.1, 0.15) is 0 Å². The Morgan fingerprint density at radius 3 is 2.89 bits per heavy atom. The summed E-state index contributed by atoms with van der Waals surface area (Å²) in [5.74, 6) is 2.18. The quantitative estimate of drug-likeness (QED) is 0.827. The van der Waals surface area contributed by atoms with E-state index in [9.17, 15) is 0 Å². The molecule has 2 fully saturated rings. The van der Waals surface area contributed by atoms with Gasteiger partial charge in [0.05, 0.1) is 0 Å². The van der Waals surface area contributed by atoms with E-state index in [0.717, 1.165) is 12.0 Å². The normalized spacial score (nSPS) is 38.2. The Morgan fingerprint density at radius 1 is 1.44 bits per heavy atom. The van der Waals surface area contributed by atoms with E-state index in [-0.39, 0.29) is 0 Å². The number of nitrogens with one attached hydrogen (secondary N) is 1. The maximum atomic E-state index is 3.71. The fraction of sp³-hybridized carbons (Fsp3) is 1.00. The van der Waals surface area contributed by atoms with Gasteiger partial charge in [-0.1, -0.05) is 13.8 Å². The van der Waals surface area contributed by atoms with Gasteiger partial charge in [-0.25, -0.2) is 0 Å². The van der Waals surface area contributed by atoms with Crippen LogP contribution in [0.4, 0.5) is 0 Å². The third-order valence-corrected chi connectivity index (χ3v) is 6.03. The number of hydrogen-bond donors (Lipinski definition) is 1. The molecule has 1 N–H and O–H groups in total. The smallest absolute Gasteiger partial charge is 0.0259 e. The lowest BCUT2D eigenvalue weighted by molar-refractivity contribution is 0.137. The summed E-state index contributed by atoms with van der Waals surface area (Å²) in [6, 6.07) is 0.755. The highest BCUT2D eigenvalue weighted by Crippen LogP contribution is 2.38. The highest BCUT2D eigenvalue weighted by molar-refractivity contribution is 8.00. The highest BCUT2D eigenvalue weighted by Gasteiger charge is 2.34. The summed E-state index contributed by atoms with van der Waals surface area (Å²) < 4.78 is 0.545. The first-order valence-corrected chi connectivity index (χ1v) is 8.71. The van der Waals surface area contributed by atoms with E-state index in [1.807, 2.05) is 0 Å². The minimum Gasteiger partial charge on any atom is -0.314 e. The Balaban J connectivity index is 1.77. The zero-order valence-corrected chi connectivity index (χ0v) is 13.2. The molecule has 0 spiro atoms. The van der Waals surface area contributed by atoms with Crippen molar-refractivity contribution in [2.45, 2.75) is 57.2 Å². The number of thioether (sulfide) groups is 1. The molecule has 0 aromatic rings. The molecule has 18 heavy (non-hydrogen) atoms. The average Bonchev–Trinajstić information content (AvgIpc) is 2.75. The molecule has 2 aliphatic rings. The molecule has 0 amide bonds. The maximum absolute atomic E-state index is 3.71. The molecule has 2 rings (SSSR count). The summed E-state index contributed by atoms with van der Waals surface area (Å²) in [6.45, 7) is 12.2. The minimum atomic E-state index is 0.545. The van der Waals surface area contributed by atoms with E-state index in [0.29, 0.717) is 4.75 Å². The molecule has 0 aliphatic carbocycles. The molecule has 106 valence electrons. The van der Waals surface area contributed by atoms with Crippen molar-refractivity contribution in [3.63, 3.8) is 0 Å².